The summed E-state index contributed by atoms with van der Waals surface area (Å²) in [6.45, 7) is 6.23. The molecule has 2 aromatic carbocycles. The first-order valence-corrected chi connectivity index (χ1v) is 11.2. The SMILES string of the molecule is O=C(C[NH+]1CCC(Cc2ccccc2)CC1)N1CCN(c2cccc(Cl)c2)CC1. The maximum Gasteiger partial charge on any atom is 0.277 e. The summed E-state index contributed by atoms with van der Waals surface area (Å²) in [5, 5.41) is 0.764. The van der Waals surface area contributed by atoms with Crippen molar-refractivity contribution in [3.05, 3.63) is 65.2 Å². The third-order valence-electron chi connectivity index (χ3n) is 6.39. The topological polar surface area (TPSA) is 28.0 Å². The highest BCUT2D eigenvalue weighted by Gasteiger charge is 2.28. The predicted molar refractivity (Wildman–Crippen MR) is 119 cm³/mol. The van der Waals surface area contributed by atoms with Crippen LogP contribution < -0.4 is 9.80 Å². The van der Waals surface area contributed by atoms with E-state index in [-0.39, 0.29) is 0 Å². The molecule has 0 aliphatic carbocycles. The van der Waals surface area contributed by atoms with Crippen molar-refractivity contribution in [2.45, 2.75) is 19.3 Å². The number of hydrogen-bond donors (Lipinski definition) is 1. The first-order chi connectivity index (χ1) is 14.2. The van der Waals surface area contributed by atoms with Gasteiger partial charge in [0.05, 0.1) is 13.1 Å². The Hall–Kier alpha value is -2.04. The number of amides is 1. The molecule has 2 heterocycles. The fraction of sp³-hybridized carbons (Fsp3) is 0.458. The molecule has 154 valence electrons. The Labute approximate surface area is 179 Å². The molecule has 0 atom stereocenters. The Morgan fingerprint density at radius 1 is 0.966 bits per heavy atom. The van der Waals surface area contributed by atoms with Crippen molar-refractivity contribution in [2.75, 3.05) is 50.7 Å². The van der Waals surface area contributed by atoms with Crippen molar-refractivity contribution < 1.29 is 9.69 Å². The molecule has 0 bridgehead atoms. The first kappa shape index (κ1) is 20.2. The van der Waals surface area contributed by atoms with Crippen molar-refractivity contribution in [3.63, 3.8) is 0 Å². The molecule has 2 aliphatic heterocycles. The van der Waals surface area contributed by atoms with Gasteiger partial charge in [-0.2, -0.15) is 0 Å². The number of halogens is 1. The van der Waals surface area contributed by atoms with Crippen molar-refractivity contribution >= 4 is 23.2 Å². The Morgan fingerprint density at radius 3 is 2.38 bits per heavy atom. The van der Waals surface area contributed by atoms with Crippen LogP contribution in [0.1, 0.15) is 18.4 Å². The number of piperazine rings is 1. The molecule has 29 heavy (non-hydrogen) atoms. The predicted octanol–water partition coefficient (Wildman–Crippen LogP) is 2.53. The maximum atomic E-state index is 12.8. The Morgan fingerprint density at radius 2 is 1.69 bits per heavy atom. The van der Waals surface area contributed by atoms with Crippen LogP contribution in [0, 0.1) is 5.92 Å². The summed E-state index contributed by atoms with van der Waals surface area (Å²) < 4.78 is 0. The van der Waals surface area contributed by atoms with Crippen LogP contribution in [0.15, 0.2) is 54.6 Å². The number of carbonyl (C=O) groups excluding carboxylic acids is 1. The van der Waals surface area contributed by atoms with Crippen LogP contribution in [0.5, 0.6) is 0 Å². The number of piperidine rings is 1. The lowest BCUT2D eigenvalue weighted by atomic mass is 9.90. The highest BCUT2D eigenvalue weighted by Crippen LogP contribution is 2.21. The molecule has 0 aromatic heterocycles. The van der Waals surface area contributed by atoms with E-state index in [1.165, 1.54) is 29.7 Å². The summed E-state index contributed by atoms with van der Waals surface area (Å²) in [5.74, 6) is 1.07. The largest absolute Gasteiger partial charge is 0.368 e. The fourth-order valence-corrected chi connectivity index (χ4v) is 4.81. The zero-order chi connectivity index (χ0) is 20.1. The standard InChI is InChI=1S/C24H30ClN3O/c25-22-7-4-8-23(18-22)27-13-15-28(16-14-27)24(29)19-26-11-9-21(10-12-26)17-20-5-2-1-3-6-20/h1-8,18,21H,9-17,19H2/p+1. The van der Waals surface area contributed by atoms with Gasteiger partial charge in [0.15, 0.2) is 6.54 Å². The summed E-state index contributed by atoms with van der Waals surface area (Å²) in [7, 11) is 0. The highest BCUT2D eigenvalue weighted by atomic mass is 35.5. The van der Waals surface area contributed by atoms with Crippen molar-refractivity contribution in [3.8, 4) is 0 Å². The van der Waals surface area contributed by atoms with E-state index >= 15 is 0 Å². The number of anilines is 1. The molecule has 0 saturated carbocycles. The van der Waals surface area contributed by atoms with Gasteiger partial charge >= 0.3 is 0 Å². The van der Waals surface area contributed by atoms with E-state index in [4.69, 9.17) is 11.6 Å². The molecule has 0 radical (unpaired) electrons. The second-order valence-corrected chi connectivity index (χ2v) is 8.84. The van der Waals surface area contributed by atoms with Crippen molar-refractivity contribution in [1.82, 2.24) is 4.90 Å². The smallest absolute Gasteiger partial charge is 0.277 e. The van der Waals surface area contributed by atoms with Crippen molar-refractivity contribution in [1.29, 1.82) is 0 Å². The molecule has 2 fully saturated rings. The van der Waals surface area contributed by atoms with Gasteiger partial charge in [-0.1, -0.05) is 48.0 Å². The molecule has 1 N–H and O–H groups in total. The van der Waals surface area contributed by atoms with Crippen LogP contribution in [0.2, 0.25) is 5.02 Å². The van der Waals surface area contributed by atoms with Crippen LogP contribution >= 0.6 is 11.6 Å². The minimum Gasteiger partial charge on any atom is -0.368 e. The summed E-state index contributed by atoms with van der Waals surface area (Å²) in [5.41, 5.74) is 2.59. The van der Waals surface area contributed by atoms with Gasteiger partial charge in [0.1, 0.15) is 0 Å². The van der Waals surface area contributed by atoms with Gasteiger partial charge in [0.25, 0.3) is 5.91 Å². The molecule has 2 aromatic rings. The summed E-state index contributed by atoms with van der Waals surface area (Å²) in [6, 6.07) is 18.8. The van der Waals surface area contributed by atoms with Gasteiger partial charge in [-0.3, -0.25) is 4.79 Å². The minimum atomic E-state index is 0.312. The van der Waals surface area contributed by atoms with Gasteiger partial charge in [-0.05, 0) is 48.9 Å². The monoisotopic (exact) mass is 412 g/mol. The molecular weight excluding hydrogens is 382 g/mol. The normalized spacial score (nSPS) is 22.5. The fourth-order valence-electron chi connectivity index (χ4n) is 4.63. The lowest BCUT2D eigenvalue weighted by molar-refractivity contribution is -0.898. The number of hydrogen-bond acceptors (Lipinski definition) is 2. The van der Waals surface area contributed by atoms with Crippen LogP contribution in [0.3, 0.4) is 0 Å². The second kappa shape index (κ2) is 9.64. The molecule has 2 aliphatic rings. The quantitative estimate of drug-likeness (QED) is 0.817. The minimum absolute atomic E-state index is 0.312. The number of quaternary nitrogens is 1. The second-order valence-electron chi connectivity index (χ2n) is 8.41. The molecule has 5 heteroatoms. The molecule has 1 amide bonds. The van der Waals surface area contributed by atoms with Gasteiger partial charge in [-0.15, -0.1) is 0 Å². The number of rotatable bonds is 5. The summed E-state index contributed by atoms with van der Waals surface area (Å²) in [4.78, 5) is 18.6. The highest BCUT2D eigenvalue weighted by molar-refractivity contribution is 6.30. The molecule has 4 nitrogen and oxygen atoms in total. The molecule has 0 unspecified atom stereocenters. The molecule has 2 saturated heterocycles. The van der Waals surface area contributed by atoms with Gasteiger partial charge in [0, 0.05) is 36.9 Å². The zero-order valence-electron chi connectivity index (χ0n) is 17.0. The van der Waals surface area contributed by atoms with Crippen LogP contribution in [0.25, 0.3) is 0 Å². The number of likely N-dealkylation sites (tertiary alicyclic amines) is 1. The van der Waals surface area contributed by atoms with E-state index in [0.717, 1.165) is 55.9 Å². The molecule has 4 rings (SSSR count). The zero-order valence-corrected chi connectivity index (χ0v) is 17.8. The lowest BCUT2D eigenvalue weighted by Gasteiger charge is -2.37. The Balaban J connectivity index is 1.20. The Kier molecular flexibility index (Phi) is 6.73. The van der Waals surface area contributed by atoms with Crippen LogP contribution in [-0.2, 0) is 11.2 Å². The first-order valence-electron chi connectivity index (χ1n) is 10.8. The number of benzene rings is 2. The average Bonchev–Trinajstić information content (AvgIpc) is 2.76. The third-order valence-corrected chi connectivity index (χ3v) is 6.62. The molecule has 0 spiro atoms. The van der Waals surface area contributed by atoms with Gasteiger partial charge in [-0.25, -0.2) is 0 Å². The number of nitrogens with one attached hydrogen (secondary N) is 1. The van der Waals surface area contributed by atoms with Crippen molar-refractivity contribution in [2.24, 2.45) is 5.92 Å². The van der Waals surface area contributed by atoms with E-state index < -0.39 is 0 Å². The summed E-state index contributed by atoms with van der Waals surface area (Å²) in [6.07, 6.45) is 3.62. The van der Waals surface area contributed by atoms with Gasteiger partial charge in [0.2, 0.25) is 0 Å². The van der Waals surface area contributed by atoms with Gasteiger partial charge < -0.3 is 14.7 Å². The van der Waals surface area contributed by atoms with E-state index in [0.29, 0.717) is 12.5 Å². The third kappa shape index (κ3) is 5.52. The number of carbonyl (C=O) groups is 1. The maximum absolute atomic E-state index is 12.8. The van der Waals surface area contributed by atoms with E-state index in [1.54, 1.807) is 0 Å². The van der Waals surface area contributed by atoms with E-state index in [9.17, 15) is 4.79 Å². The van der Waals surface area contributed by atoms with E-state index in [1.807, 2.05) is 23.1 Å². The molecular formula is C24H31ClN3O+. The van der Waals surface area contributed by atoms with Crippen LogP contribution in [0.4, 0.5) is 5.69 Å². The Bertz CT molecular complexity index is 797. The number of nitrogens with zero attached hydrogens (tertiary/aromatic N) is 2. The average molecular weight is 413 g/mol. The lowest BCUT2D eigenvalue weighted by Crippen LogP contribution is -3.14. The summed E-state index contributed by atoms with van der Waals surface area (Å²) >= 11 is 6.11. The van der Waals surface area contributed by atoms with E-state index in [2.05, 4.69) is 41.3 Å². The van der Waals surface area contributed by atoms with Crippen LogP contribution in [-0.4, -0.2) is 56.6 Å².